The van der Waals surface area contributed by atoms with Crippen molar-refractivity contribution in [2.24, 2.45) is 5.92 Å². The van der Waals surface area contributed by atoms with Gasteiger partial charge in [0.1, 0.15) is 11.6 Å². The second kappa shape index (κ2) is 8.49. The number of benzene rings is 2. The SMILES string of the molecule is Nc1ccc(-c2c(F)cc(CNCCC3CCCCC3)cc2F)cc1N. The Morgan fingerprint density at radius 1 is 0.923 bits per heavy atom. The quantitative estimate of drug-likeness (QED) is 0.510. The molecule has 0 unspecified atom stereocenters. The van der Waals surface area contributed by atoms with Gasteiger partial charge in [0.25, 0.3) is 0 Å². The molecular weight excluding hydrogens is 332 g/mol. The van der Waals surface area contributed by atoms with E-state index in [1.165, 1.54) is 50.3 Å². The van der Waals surface area contributed by atoms with Crippen LogP contribution < -0.4 is 16.8 Å². The number of hydrogen-bond acceptors (Lipinski definition) is 3. The molecule has 5 N–H and O–H groups in total. The number of anilines is 2. The molecule has 26 heavy (non-hydrogen) atoms. The van der Waals surface area contributed by atoms with Crippen molar-refractivity contribution >= 4 is 11.4 Å². The van der Waals surface area contributed by atoms with Crippen LogP contribution in [0.1, 0.15) is 44.1 Å². The fraction of sp³-hybridized carbons (Fsp3) is 0.429. The molecule has 5 heteroatoms. The summed E-state index contributed by atoms with van der Waals surface area (Å²) in [6.07, 6.45) is 7.77. The zero-order valence-corrected chi connectivity index (χ0v) is 15.0. The molecule has 2 aromatic rings. The third-order valence-corrected chi connectivity index (χ3v) is 5.26. The lowest BCUT2D eigenvalue weighted by Gasteiger charge is -2.21. The van der Waals surface area contributed by atoms with Crippen LogP contribution in [0.25, 0.3) is 11.1 Å². The van der Waals surface area contributed by atoms with E-state index in [1.807, 2.05) is 0 Å². The van der Waals surface area contributed by atoms with Crippen LogP contribution >= 0.6 is 0 Å². The summed E-state index contributed by atoms with van der Waals surface area (Å²) < 4.78 is 29.0. The van der Waals surface area contributed by atoms with Crippen molar-refractivity contribution in [2.75, 3.05) is 18.0 Å². The molecule has 0 bridgehead atoms. The highest BCUT2D eigenvalue weighted by atomic mass is 19.1. The Labute approximate surface area is 153 Å². The van der Waals surface area contributed by atoms with Crippen molar-refractivity contribution in [1.82, 2.24) is 5.32 Å². The zero-order valence-electron chi connectivity index (χ0n) is 15.0. The fourth-order valence-corrected chi connectivity index (χ4v) is 3.75. The van der Waals surface area contributed by atoms with Crippen molar-refractivity contribution in [2.45, 2.75) is 45.1 Å². The van der Waals surface area contributed by atoms with Crippen LogP contribution in [0.5, 0.6) is 0 Å². The summed E-state index contributed by atoms with van der Waals surface area (Å²) in [6, 6.07) is 7.41. The predicted molar refractivity (Wildman–Crippen MR) is 104 cm³/mol. The Hall–Kier alpha value is -2.14. The van der Waals surface area contributed by atoms with E-state index >= 15 is 0 Å². The maximum Gasteiger partial charge on any atom is 0.134 e. The van der Waals surface area contributed by atoms with Gasteiger partial charge in [-0.25, -0.2) is 8.78 Å². The van der Waals surface area contributed by atoms with Gasteiger partial charge in [-0.15, -0.1) is 0 Å². The topological polar surface area (TPSA) is 64.1 Å². The highest BCUT2D eigenvalue weighted by Gasteiger charge is 2.15. The van der Waals surface area contributed by atoms with E-state index in [0.29, 0.717) is 29.0 Å². The van der Waals surface area contributed by atoms with E-state index in [-0.39, 0.29) is 5.56 Å². The van der Waals surface area contributed by atoms with Gasteiger partial charge in [0.05, 0.1) is 16.9 Å². The summed E-state index contributed by atoms with van der Waals surface area (Å²) in [4.78, 5) is 0. The molecule has 0 aromatic heterocycles. The highest BCUT2D eigenvalue weighted by Crippen LogP contribution is 2.30. The maximum atomic E-state index is 14.5. The summed E-state index contributed by atoms with van der Waals surface area (Å²) in [5.41, 5.74) is 13.1. The second-order valence-electron chi connectivity index (χ2n) is 7.25. The summed E-state index contributed by atoms with van der Waals surface area (Å²) in [5, 5.41) is 3.31. The third kappa shape index (κ3) is 4.52. The van der Waals surface area contributed by atoms with Crippen LogP contribution in [0.4, 0.5) is 20.2 Å². The first-order valence-corrected chi connectivity index (χ1v) is 9.38. The molecule has 2 aromatic carbocycles. The van der Waals surface area contributed by atoms with Gasteiger partial charge in [0, 0.05) is 6.54 Å². The molecule has 3 rings (SSSR count). The molecule has 1 aliphatic rings. The zero-order chi connectivity index (χ0) is 18.5. The van der Waals surface area contributed by atoms with Crippen LogP contribution in [0.3, 0.4) is 0 Å². The summed E-state index contributed by atoms with van der Waals surface area (Å²) >= 11 is 0. The van der Waals surface area contributed by atoms with Crippen molar-refractivity contribution in [3.63, 3.8) is 0 Å². The van der Waals surface area contributed by atoms with E-state index in [4.69, 9.17) is 11.5 Å². The van der Waals surface area contributed by atoms with Crippen LogP contribution in [-0.4, -0.2) is 6.54 Å². The van der Waals surface area contributed by atoms with Gasteiger partial charge in [0.2, 0.25) is 0 Å². The molecule has 0 atom stereocenters. The van der Waals surface area contributed by atoms with Gasteiger partial charge in [0.15, 0.2) is 0 Å². The second-order valence-corrected chi connectivity index (χ2v) is 7.25. The third-order valence-electron chi connectivity index (χ3n) is 5.26. The first-order valence-electron chi connectivity index (χ1n) is 9.38. The molecule has 0 heterocycles. The smallest absolute Gasteiger partial charge is 0.134 e. The van der Waals surface area contributed by atoms with E-state index in [1.54, 1.807) is 12.1 Å². The average molecular weight is 359 g/mol. The first-order chi connectivity index (χ1) is 12.5. The number of hydrogen-bond donors (Lipinski definition) is 3. The molecule has 0 amide bonds. The minimum atomic E-state index is -0.585. The monoisotopic (exact) mass is 359 g/mol. The predicted octanol–water partition coefficient (Wildman–Crippen LogP) is 4.86. The Morgan fingerprint density at radius 3 is 2.27 bits per heavy atom. The van der Waals surface area contributed by atoms with Crippen LogP contribution in [-0.2, 0) is 6.54 Å². The lowest BCUT2D eigenvalue weighted by atomic mass is 9.87. The molecule has 0 spiro atoms. The molecule has 1 saturated carbocycles. The Kier molecular flexibility index (Phi) is 6.09. The van der Waals surface area contributed by atoms with Crippen LogP contribution in [0, 0.1) is 17.6 Å². The van der Waals surface area contributed by atoms with Crippen LogP contribution in [0.2, 0.25) is 0 Å². The van der Waals surface area contributed by atoms with Crippen LogP contribution in [0.15, 0.2) is 30.3 Å². The Bertz CT molecular complexity index is 732. The largest absolute Gasteiger partial charge is 0.397 e. The minimum absolute atomic E-state index is 0.0670. The standard InChI is InChI=1S/C21H27F2N3/c22-17-10-15(13-26-9-8-14-4-2-1-3-5-14)11-18(23)21(17)16-6-7-19(24)20(25)12-16/h6-7,10-12,14,26H,1-5,8-9,13,24-25H2. The van der Waals surface area contributed by atoms with Crippen molar-refractivity contribution in [3.8, 4) is 11.1 Å². The maximum absolute atomic E-state index is 14.5. The van der Waals surface area contributed by atoms with E-state index in [2.05, 4.69) is 5.32 Å². The van der Waals surface area contributed by atoms with Gasteiger partial charge >= 0.3 is 0 Å². The van der Waals surface area contributed by atoms with Gasteiger partial charge in [-0.1, -0.05) is 38.2 Å². The normalized spacial score (nSPS) is 15.3. The molecular formula is C21H27F2N3. The molecule has 1 fully saturated rings. The molecule has 0 saturated heterocycles. The summed E-state index contributed by atoms with van der Waals surface area (Å²) in [7, 11) is 0. The molecule has 0 radical (unpaired) electrons. The van der Waals surface area contributed by atoms with E-state index in [0.717, 1.165) is 18.9 Å². The van der Waals surface area contributed by atoms with Gasteiger partial charge in [-0.05, 0) is 54.3 Å². The average Bonchev–Trinajstić information content (AvgIpc) is 2.62. The molecule has 3 nitrogen and oxygen atoms in total. The molecule has 1 aliphatic carbocycles. The van der Waals surface area contributed by atoms with E-state index < -0.39 is 11.6 Å². The van der Waals surface area contributed by atoms with Gasteiger partial charge in [-0.3, -0.25) is 0 Å². The minimum Gasteiger partial charge on any atom is -0.397 e. The Balaban J connectivity index is 1.62. The number of halogens is 2. The lowest BCUT2D eigenvalue weighted by molar-refractivity contribution is 0.334. The summed E-state index contributed by atoms with van der Waals surface area (Å²) in [5.74, 6) is -0.375. The number of nitrogens with two attached hydrogens (primary N) is 2. The van der Waals surface area contributed by atoms with E-state index in [9.17, 15) is 8.78 Å². The number of nitrogens with one attached hydrogen (secondary N) is 1. The Morgan fingerprint density at radius 2 is 1.62 bits per heavy atom. The van der Waals surface area contributed by atoms with Crippen molar-refractivity contribution in [1.29, 1.82) is 0 Å². The lowest BCUT2D eigenvalue weighted by Crippen LogP contribution is -2.19. The first kappa shape index (κ1) is 18.6. The van der Waals surface area contributed by atoms with Gasteiger partial charge < -0.3 is 16.8 Å². The summed E-state index contributed by atoms with van der Waals surface area (Å²) in [6.45, 7) is 1.34. The molecule has 0 aliphatic heterocycles. The number of rotatable bonds is 6. The molecule has 140 valence electrons. The highest BCUT2D eigenvalue weighted by molar-refractivity contribution is 5.75. The van der Waals surface area contributed by atoms with Gasteiger partial charge in [-0.2, -0.15) is 0 Å². The van der Waals surface area contributed by atoms with Crippen molar-refractivity contribution in [3.05, 3.63) is 47.5 Å². The fourth-order valence-electron chi connectivity index (χ4n) is 3.75. The number of nitrogen functional groups attached to an aromatic ring is 2. The van der Waals surface area contributed by atoms with Crippen molar-refractivity contribution < 1.29 is 8.78 Å².